The standard InChI is InChI=1S/C22H23BrN2O/c23-17-11-12-21-18(13-17)20-14-19(15-7-3-1-4-8-15)24-25(20)22(26-21)16-9-5-2-6-10-16/h1,3-4,7-8,11-13,16,20,22H,2,5-6,9-10,14H2. The fraction of sp³-hybridized carbons (Fsp3) is 0.409. The topological polar surface area (TPSA) is 24.8 Å². The Morgan fingerprint density at radius 1 is 1.00 bits per heavy atom. The summed E-state index contributed by atoms with van der Waals surface area (Å²) < 4.78 is 7.62. The number of rotatable bonds is 2. The van der Waals surface area contributed by atoms with Crippen molar-refractivity contribution in [2.45, 2.75) is 50.8 Å². The molecule has 0 N–H and O–H groups in total. The van der Waals surface area contributed by atoms with Crippen molar-refractivity contribution in [2.24, 2.45) is 11.0 Å². The number of halogens is 1. The van der Waals surface area contributed by atoms with Crippen molar-refractivity contribution < 1.29 is 4.74 Å². The monoisotopic (exact) mass is 410 g/mol. The molecular formula is C22H23BrN2O. The van der Waals surface area contributed by atoms with Gasteiger partial charge < -0.3 is 4.74 Å². The fourth-order valence-corrected chi connectivity index (χ4v) is 5.00. The molecule has 0 radical (unpaired) electrons. The molecule has 2 aliphatic heterocycles. The van der Waals surface area contributed by atoms with E-state index < -0.39 is 0 Å². The molecule has 2 atom stereocenters. The molecule has 2 aromatic rings. The quantitative estimate of drug-likeness (QED) is 0.615. The molecule has 134 valence electrons. The number of nitrogens with zero attached hydrogens (tertiary/aromatic N) is 2. The molecule has 0 spiro atoms. The van der Waals surface area contributed by atoms with Gasteiger partial charge in [0.1, 0.15) is 5.75 Å². The molecule has 1 saturated carbocycles. The van der Waals surface area contributed by atoms with Crippen LogP contribution in [0.5, 0.6) is 5.75 Å². The van der Waals surface area contributed by atoms with Gasteiger partial charge in [0, 0.05) is 22.4 Å². The van der Waals surface area contributed by atoms with Crippen molar-refractivity contribution in [3.8, 4) is 5.75 Å². The van der Waals surface area contributed by atoms with E-state index in [9.17, 15) is 0 Å². The van der Waals surface area contributed by atoms with E-state index >= 15 is 0 Å². The highest BCUT2D eigenvalue weighted by Crippen LogP contribution is 2.47. The molecule has 5 rings (SSSR count). The number of ether oxygens (including phenoxy) is 1. The van der Waals surface area contributed by atoms with Crippen molar-refractivity contribution in [1.82, 2.24) is 5.01 Å². The maximum absolute atomic E-state index is 6.52. The van der Waals surface area contributed by atoms with E-state index in [1.54, 1.807) is 0 Å². The summed E-state index contributed by atoms with van der Waals surface area (Å²) in [4.78, 5) is 0. The average molecular weight is 411 g/mol. The van der Waals surface area contributed by atoms with Gasteiger partial charge in [-0.3, -0.25) is 0 Å². The average Bonchev–Trinajstić information content (AvgIpc) is 3.15. The van der Waals surface area contributed by atoms with Crippen LogP contribution in [-0.2, 0) is 0 Å². The van der Waals surface area contributed by atoms with Crippen LogP contribution >= 0.6 is 15.9 Å². The smallest absolute Gasteiger partial charge is 0.190 e. The molecule has 0 amide bonds. The molecule has 2 aromatic carbocycles. The summed E-state index contributed by atoms with van der Waals surface area (Å²) in [6.45, 7) is 0. The summed E-state index contributed by atoms with van der Waals surface area (Å²) in [5, 5.41) is 7.35. The molecule has 3 nitrogen and oxygen atoms in total. The predicted molar refractivity (Wildman–Crippen MR) is 107 cm³/mol. The van der Waals surface area contributed by atoms with Crippen LogP contribution in [0.3, 0.4) is 0 Å². The molecular weight excluding hydrogens is 388 g/mol. The summed E-state index contributed by atoms with van der Waals surface area (Å²) in [6, 6.07) is 17.3. The Kier molecular flexibility index (Phi) is 4.24. The van der Waals surface area contributed by atoms with E-state index in [-0.39, 0.29) is 12.3 Å². The van der Waals surface area contributed by atoms with Crippen molar-refractivity contribution in [2.75, 3.05) is 0 Å². The number of hydrazone groups is 1. The summed E-state index contributed by atoms with van der Waals surface area (Å²) in [6.07, 6.45) is 7.48. The van der Waals surface area contributed by atoms with Gasteiger partial charge in [0.2, 0.25) is 0 Å². The maximum atomic E-state index is 6.52. The third-order valence-corrected chi connectivity index (χ3v) is 6.43. The van der Waals surface area contributed by atoms with Crippen LogP contribution in [0.2, 0.25) is 0 Å². The minimum absolute atomic E-state index is 0.0650. The molecule has 0 aromatic heterocycles. The van der Waals surface area contributed by atoms with Crippen LogP contribution in [-0.4, -0.2) is 16.9 Å². The van der Waals surface area contributed by atoms with Gasteiger partial charge in [0.15, 0.2) is 6.23 Å². The molecule has 3 aliphatic rings. The van der Waals surface area contributed by atoms with Gasteiger partial charge in [-0.15, -0.1) is 0 Å². The van der Waals surface area contributed by atoms with Gasteiger partial charge in [0.05, 0.1) is 11.8 Å². The lowest BCUT2D eigenvalue weighted by molar-refractivity contribution is -0.0644. The third-order valence-electron chi connectivity index (χ3n) is 5.94. The van der Waals surface area contributed by atoms with E-state index in [2.05, 4.69) is 69.5 Å². The number of fused-ring (bicyclic) bond motifs is 3. The second kappa shape index (κ2) is 6.73. The minimum Gasteiger partial charge on any atom is -0.468 e. The van der Waals surface area contributed by atoms with Gasteiger partial charge in [-0.2, -0.15) is 5.10 Å². The SMILES string of the molecule is Brc1ccc2c(c1)C1CC(c3ccccc3)=NN1C(C1CCCCC1)O2. The zero-order valence-corrected chi connectivity index (χ0v) is 16.4. The highest BCUT2D eigenvalue weighted by molar-refractivity contribution is 9.10. The first kappa shape index (κ1) is 16.4. The second-order valence-electron chi connectivity index (χ2n) is 7.60. The Hall–Kier alpha value is -1.81. The van der Waals surface area contributed by atoms with Crippen molar-refractivity contribution in [1.29, 1.82) is 0 Å². The summed E-state index contributed by atoms with van der Waals surface area (Å²) >= 11 is 3.63. The molecule has 0 bridgehead atoms. The zero-order chi connectivity index (χ0) is 17.5. The Bertz CT molecular complexity index is 829. The minimum atomic E-state index is 0.0650. The van der Waals surface area contributed by atoms with E-state index in [0.29, 0.717) is 5.92 Å². The van der Waals surface area contributed by atoms with E-state index in [1.807, 2.05) is 0 Å². The van der Waals surface area contributed by atoms with Crippen LogP contribution in [0.25, 0.3) is 0 Å². The first-order valence-electron chi connectivity index (χ1n) is 9.67. The molecule has 26 heavy (non-hydrogen) atoms. The highest BCUT2D eigenvalue weighted by Gasteiger charge is 2.43. The normalized spacial score (nSPS) is 25.3. The summed E-state index contributed by atoms with van der Waals surface area (Å²) in [5.74, 6) is 1.61. The maximum Gasteiger partial charge on any atom is 0.190 e. The second-order valence-corrected chi connectivity index (χ2v) is 8.52. The fourth-order valence-electron chi connectivity index (χ4n) is 4.62. The van der Waals surface area contributed by atoms with Crippen molar-refractivity contribution >= 4 is 21.6 Å². The molecule has 4 heteroatoms. The van der Waals surface area contributed by atoms with Crippen LogP contribution in [0.1, 0.15) is 55.7 Å². The van der Waals surface area contributed by atoms with Crippen LogP contribution in [0.15, 0.2) is 58.1 Å². The lowest BCUT2D eigenvalue weighted by atomic mass is 9.86. The molecule has 0 saturated heterocycles. The first-order valence-corrected chi connectivity index (χ1v) is 10.5. The van der Waals surface area contributed by atoms with Gasteiger partial charge in [0.25, 0.3) is 0 Å². The Balaban J connectivity index is 1.54. The number of hydrogen-bond donors (Lipinski definition) is 0. The Labute approximate surface area is 163 Å². The lowest BCUT2D eigenvalue weighted by Crippen LogP contribution is -2.45. The van der Waals surface area contributed by atoms with Crippen LogP contribution < -0.4 is 4.74 Å². The van der Waals surface area contributed by atoms with Crippen LogP contribution in [0.4, 0.5) is 0 Å². The van der Waals surface area contributed by atoms with Crippen molar-refractivity contribution in [3.63, 3.8) is 0 Å². The van der Waals surface area contributed by atoms with Gasteiger partial charge in [-0.05, 0) is 36.6 Å². The summed E-state index contributed by atoms with van der Waals surface area (Å²) in [5.41, 5.74) is 3.65. The van der Waals surface area contributed by atoms with E-state index in [4.69, 9.17) is 9.84 Å². The number of benzene rings is 2. The lowest BCUT2D eigenvalue weighted by Gasteiger charge is -2.42. The largest absolute Gasteiger partial charge is 0.468 e. The molecule has 1 aliphatic carbocycles. The van der Waals surface area contributed by atoms with Crippen LogP contribution in [0, 0.1) is 5.92 Å². The molecule has 2 unspecified atom stereocenters. The highest BCUT2D eigenvalue weighted by atomic mass is 79.9. The van der Waals surface area contributed by atoms with Crippen molar-refractivity contribution in [3.05, 3.63) is 64.1 Å². The van der Waals surface area contributed by atoms with Gasteiger partial charge >= 0.3 is 0 Å². The van der Waals surface area contributed by atoms with Gasteiger partial charge in [-0.25, -0.2) is 5.01 Å². The zero-order valence-electron chi connectivity index (χ0n) is 14.8. The Morgan fingerprint density at radius 2 is 1.81 bits per heavy atom. The Morgan fingerprint density at radius 3 is 2.62 bits per heavy atom. The molecule has 2 heterocycles. The number of hydrogen-bond acceptors (Lipinski definition) is 3. The van der Waals surface area contributed by atoms with Gasteiger partial charge in [-0.1, -0.05) is 65.5 Å². The first-order chi connectivity index (χ1) is 12.8. The van der Waals surface area contributed by atoms with E-state index in [0.717, 1.165) is 16.6 Å². The molecule has 1 fully saturated rings. The third kappa shape index (κ3) is 2.84. The van der Waals surface area contributed by atoms with E-state index in [1.165, 1.54) is 48.9 Å². The summed E-state index contributed by atoms with van der Waals surface area (Å²) in [7, 11) is 0. The predicted octanol–water partition coefficient (Wildman–Crippen LogP) is 5.90.